The second-order valence-corrected chi connectivity index (χ2v) is 4.09. The van der Waals surface area contributed by atoms with E-state index in [1.54, 1.807) is 24.3 Å². The molecule has 0 saturated heterocycles. The molecule has 21 heavy (non-hydrogen) atoms. The summed E-state index contributed by atoms with van der Waals surface area (Å²) in [5.74, 6) is -0.232. The van der Waals surface area contributed by atoms with Crippen molar-refractivity contribution in [3.63, 3.8) is 0 Å². The van der Waals surface area contributed by atoms with Gasteiger partial charge in [0, 0.05) is 11.3 Å². The Kier molecular flexibility index (Phi) is 4.53. The quantitative estimate of drug-likeness (QED) is 0.880. The molecule has 2 N–H and O–H groups in total. The first kappa shape index (κ1) is 15.0. The zero-order valence-corrected chi connectivity index (χ0v) is 10.6. The molecule has 0 aliphatic heterocycles. The largest absolute Gasteiger partial charge is 0.423 e. The van der Waals surface area contributed by atoms with Gasteiger partial charge in [0.05, 0.1) is 13.1 Å². The highest BCUT2D eigenvalue weighted by Crippen LogP contribution is 2.18. The number of aromatic nitrogens is 2. The number of nitrogens with one attached hydrogen (secondary N) is 2. The predicted octanol–water partition coefficient (Wildman–Crippen LogP) is 1.83. The lowest BCUT2D eigenvalue weighted by atomic mass is 10.2. The molecule has 0 aliphatic carbocycles. The van der Waals surface area contributed by atoms with Crippen molar-refractivity contribution in [3.05, 3.63) is 30.7 Å². The summed E-state index contributed by atoms with van der Waals surface area (Å²) in [6, 6.07) is 6.46. The van der Waals surface area contributed by atoms with Crippen molar-refractivity contribution in [2.75, 3.05) is 18.4 Å². The number of hydrogen-bond donors (Lipinski definition) is 2. The Bertz CT molecular complexity index is 582. The number of alkyl halides is 3. The van der Waals surface area contributed by atoms with Gasteiger partial charge in [0.1, 0.15) is 0 Å². The fourth-order valence-electron chi connectivity index (χ4n) is 1.52. The van der Waals surface area contributed by atoms with Gasteiger partial charge < -0.3 is 15.1 Å². The maximum Gasteiger partial charge on any atom is 0.401 e. The van der Waals surface area contributed by atoms with Crippen molar-refractivity contribution >= 4 is 11.6 Å². The molecule has 0 unspecified atom stereocenters. The molecule has 1 amide bonds. The number of hydrogen-bond acceptors (Lipinski definition) is 5. The summed E-state index contributed by atoms with van der Waals surface area (Å²) >= 11 is 0. The van der Waals surface area contributed by atoms with Crippen LogP contribution in [0.2, 0.25) is 0 Å². The van der Waals surface area contributed by atoms with Crippen LogP contribution >= 0.6 is 0 Å². The third-order valence-electron chi connectivity index (χ3n) is 2.39. The van der Waals surface area contributed by atoms with E-state index in [1.807, 2.05) is 5.32 Å². The van der Waals surface area contributed by atoms with E-state index in [4.69, 9.17) is 4.42 Å². The van der Waals surface area contributed by atoms with Gasteiger partial charge >= 0.3 is 6.18 Å². The molecule has 112 valence electrons. The summed E-state index contributed by atoms with van der Waals surface area (Å²) < 4.78 is 40.7. The molecule has 1 aromatic heterocycles. The highest BCUT2D eigenvalue weighted by molar-refractivity contribution is 5.92. The average molecular weight is 300 g/mol. The summed E-state index contributed by atoms with van der Waals surface area (Å²) in [5, 5.41) is 11.7. The highest BCUT2D eigenvalue weighted by Gasteiger charge is 2.26. The molecule has 0 bridgehead atoms. The van der Waals surface area contributed by atoms with E-state index in [-0.39, 0.29) is 0 Å². The molecule has 9 heteroatoms. The lowest BCUT2D eigenvalue weighted by Crippen LogP contribution is -2.35. The third kappa shape index (κ3) is 4.88. The second kappa shape index (κ2) is 6.35. The number of carbonyl (C=O) groups is 1. The van der Waals surface area contributed by atoms with Crippen molar-refractivity contribution in [1.82, 2.24) is 15.5 Å². The van der Waals surface area contributed by atoms with Gasteiger partial charge in [-0.1, -0.05) is 0 Å². The van der Waals surface area contributed by atoms with Gasteiger partial charge in [-0.25, -0.2) is 0 Å². The average Bonchev–Trinajstić information content (AvgIpc) is 2.92. The molecule has 0 atom stereocenters. The number of halogens is 3. The Morgan fingerprint density at radius 2 is 1.95 bits per heavy atom. The monoisotopic (exact) mass is 300 g/mol. The van der Waals surface area contributed by atoms with E-state index < -0.39 is 25.2 Å². The molecule has 6 nitrogen and oxygen atoms in total. The van der Waals surface area contributed by atoms with Gasteiger partial charge in [-0.05, 0) is 24.3 Å². The van der Waals surface area contributed by atoms with Crippen molar-refractivity contribution in [2.45, 2.75) is 6.18 Å². The van der Waals surface area contributed by atoms with Crippen molar-refractivity contribution in [3.8, 4) is 11.5 Å². The van der Waals surface area contributed by atoms with Crippen LogP contribution in [0.3, 0.4) is 0 Å². The number of nitrogens with zero attached hydrogens (tertiary/aromatic N) is 2. The fraction of sp³-hybridized carbons (Fsp3) is 0.250. The minimum atomic E-state index is -4.34. The number of amides is 1. The summed E-state index contributed by atoms with van der Waals surface area (Å²) in [6.07, 6.45) is -3.15. The Balaban J connectivity index is 1.84. The molecule has 0 spiro atoms. The smallest absolute Gasteiger partial charge is 0.401 e. The van der Waals surface area contributed by atoms with Gasteiger partial charge in [0.2, 0.25) is 18.2 Å². The Labute approximate surface area is 117 Å². The zero-order chi connectivity index (χ0) is 15.3. The first-order chi connectivity index (χ1) is 9.94. The van der Waals surface area contributed by atoms with Crippen LogP contribution in [-0.2, 0) is 4.79 Å². The SMILES string of the molecule is O=C(CNCC(F)(F)F)Nc1ccc(-c2nnco2)cc1. The summed E-state index contributed by atoms with van der Waals surface area (Å²) in [7, 11) is 0. The van der Waals surface area contributed by atoms with E-state index in [9.17, 15) is 18.0 Å². The molecule has 2 aromatic rings. The van der Waals surface area contributed by atoms with Gasteiger partial charge in [0.15, 0.2) is 0 Å². The minimum Gasteiger partial charge on any atom is -0.423 e. The zero-order valence-electron chi connectivity index (χ0n) is 10.6. The van der Waals surface area contributed by atoms with Crippen molar-refractivity contribution < 1.29 is 22.4 Å². The molecular formula is C12H11F3N4O2. The standard InChI is InChI=1S/C12H11F3N4O2/c13-12(14,15)6-16-5-10(20)18-9-3-1-8(2-4-9)11-19-17-7-21-11/h1-4,7,16H,5-6H2,(H,18,20). The minimum absolute atomic E-state index is 0.333. The Morgan fingerprint density at radius 3 is 2.52 bits per heavy atom. The molecule has 0 fully saturated rings. The van der Waals surface area contributed by atoms with E-state index in [1.165, 1.54) is 6.39 Å². The van der Waals surface area contributed by atoms with Gasteiger partial charge in [-0.15, -0.1) is 10.2 Å². The number of benzene rings is 1. The summed E-state index contributed by atoms with van der Waals surface area (Å²) in [4.78, 5) is 11.4. The van der Waals surface area contributed by atoms with Crippen LogP contribution in [0.4, 0.5) is 18.9 Å². The summed E-state index contributed by atoms with van der Waals surface area (Å²) in [5.41, 5.74) is 1.12. The lowest BCUT2D eigenvalue weighted by molar-refractivity contribution is -0.126. The van der Waals surface area contributed by atoms with Crippen LogP contribution in [0.15, 0.2) is 35.1 Å². The molecule has 0 saturated carbocycles. The topological polar surface area (TPSA) is 80.0 Å². The van der Waals surface area contributed by atoms with Crippen LogP contribution in [-0.4, -0.2) is 35.4 Å². The number of anilines is 1. The molecule has 0 radical (unpaired) electrons. The van der Waals surface area contributed by atoms with E-state index in [0.717, 1.165) is 0 Å². The maximum atomic E-state index is 11.9. The number of rotatable bonds is 5. The Hall–Kier alpha value is -2.42. The predicted molar refractivity (Wildman–Crippen MR) is 67.3 cm³/mol. The lowest BCUT2D eigenvalue weighted by Gasteiger charge is -2.09. The van der Waals surface area contributed by atoms with Crippen LogP contribution in [0, 0.1) is 0 Å². The van der Waals surface area contributed by atoms with Gasteiger partial charge in [-0.2, -0.15) is 13.2 Å². The van der Waals surface area contributed by atoms with Crippen LogP contribution < -0.4 is 10.6 Å². The van der Waals surface area contributed by atoms with E-state index in [2.05, 4.69) is 15.5 Å². The van der Waals surface area contributed by atoms with Crippen molar-refractivity contribution in [2.24, 2.45) is 0 Å². The molecule has 1 aromatic carbocycles. The third-order valence-corrected chi connectivity index (χ3v) is 2.39. The van der Waals surface area contributed by atoms with Gasteiger partial charge in [-0.3, -0.25) is 4.79 Å². The first-order valence-corrected chi connectivity index (χ1v) is 5.88. The molecular weight excluding hydrogens is 289 g/mol. The molecule has 0 aliphatic rings. The summed E-state index contributed by atoms with van der Waals surface area (Å²) in [6.45, 7) is -1.64. The van der Waals surface area contributed by atoms with E-state index in [0.29, 0.717) is 17.1 Å². The highest BCUT2D eigenvalue weighted by atomic mass is 19.4. The van der Waals surface area contributed by atoms with Crippen LogP contribution in [0.25, 0.3) is 11.5 Å². The molecule has 2 rings (SSSR count). The molecule has 1 heterocycles. The second-order valence-electron chi connectivity index (χ2n) is 4.09. The number of carbonyl (C=O) groups excluding carboxylic acids is 1. The maximum absolute atomic E-state index is 11.9. The van der Waals surface area contributed by atoms with E-state index >= 15 is 0 Å². The van der Waals surface area contributed by atoms with Gasteiger partial charge in [0.25, 0.3) is 0 Å². The van der Waals surface area contributed by atoms with Crippen LogP contribution in [0.5, 0.6) is 0 Å². The normalized spacial score (nSPS) is 11.4. The Morgan fingerprint density at radius 1 is 1.24 bits per heavy atom. The van der Waals surface area contributed by atoms with Crippen molar-refractivity contribution in [1.29, 1.82) is 0 Å². The van der Waals surface area contributed by atoms with Crippen LogP contribution in [0.1, 0.15) is 0 Å². The fourth-order valence-corrected chi connectivity index (χ4v) is 1.52. The first-order valence-electron chi connectivity index (χ1n) is 5.88.